The van der Waals surface area contributed by atoms with Gasteiger partial charge in [-0.3, -0.25) is 14.3 Å². The fourth-order valence-electron chi connectivity index (χ4n) is 5.05. The first-order valence-corrected chi connectivity index (χ1v) is 11.7. The van der Waals surface area contributed by atoms with Gasteiger partial charge < -0.3 is 9.84 Å². The molecule has 1 amide bonds. The molecule has 0 saturated heterocycles. The molecular weight excluding hydrogens is 423 g/mol. The van der Waals surface area contributed by atoms with Crippen molar-refractivity contribution in [2.75, 3.05) is 5.32 Å². The van der Waals surface area contributed by atoms with E-state index in [-0.39, 0.29) is 28.8 Å². The van der Waals surface area contributed by atoms with Crippen LogP contribution < -0.4 is 10.9 Å². The largest absolute Gasteiger partial charge is 0.355 e. The van der Waals surface area contributed by atoms with E-state index in [1.54, 1.807) is 17.7 Å². The third kappa shape index (κ3) is 3.81. The average Bonchev–Trinajstić information content (AvgIpc) is 3.55. The molecule has 2 aliphatic carbocycles. The van der Waals surface area contributed by atoms with E-state index in [4.69, 9.17) is 4.52 Å². The molecule has 2 saturated carbocycles. The molecule has 2 fully saturated rings. The number of benzene rings is 1. The lowest BCUT2D eigenvalue weighted by molar-refractivity contribution is 0.101. The number of hydrogen-bond acceptors (Lipinski definition) is 4. The van der Waals surface area contributed by atoms with Crippen LogP contribution in [-0.4, -0.2) is 20.4 Å². The van der Waals surface area contributed by atoms with Gasteiger partial charge in [0.1, 0.15) is 11.5 Å². The second-order valence-electron chi connectivity index (χ2n) is 9.37. The number of carbonyl (C=O) groups is 1. The smallest absolute Gasteiger partial charge is 0.291 e. The van der Waals surface area contributed by atoms with Crippen LogP contribution >= 0.6 is 0 Å². The fraction of sp³-hybridized carbons (Fsp3) is 0.480. The van der Waals surface area contributed by atoms with Crippen LogP contribution in [0.2, 0.25) is 0 Å². The zero-order valence-electron chi connectivity index (χ0n) is 19.3. The van der Waals surface area contributed by atoms with Crippen molar-refractivity contribution in [1.29, 1.82) is 0 Å². The highest BCUT2D eigenvalue weighted by atomic mass is 19.1. The molecule has 174 valence electrons. The van der Waals surface area contributed by atoms with Crippen LogP contribution in [0.25, 0.3) is 11.3 Å². The normalized spacial score (nSPS) is 16.8. The van der Waals surface area contributed by atoms with Crippen molar-refractivity contribution in [3.63, 3.8) is 0 Å². The third-order valence-corrected chi connectivity index (χ3v) is 7.17. The number of amides is 1. The van der Waals surface area contributed by atoms with Crippen LogP contribution in [0, 0.1) is 19.7 Å². The summed E-state index contributed by atoms with van der Waals surface area (Å²) in [7, 11) is 1.86. The zero-order chi connectivity index (χ0) is 23.3. The average molecular weight is 453 g/mol. The minimum atomic E-state index is -0.487. The van der Waals surface area contributed by atoms with Gasteiger partial charge in [0, 0.05) is 18.2 Å². The van der Waals surface area contributed by atoms with Crippen molar-refractivity contribution >= 4 is 11.6 Å². The minimum Gasteiger partial charge on any atom is -0.355 e. The van der Waals surface area contributed by atoms with Crippen LogP contribution in [0.3, 0.4) is 0 Å². The molecule has 2 aliphatic rings. The molecule has 5 rings (SSSR count). The van der Waals surface area contributed by atoms with Crippen LogP contribution in [0.4, 0.5) is 10.1 Å². The predicted molar refractivity (Wildman–Crippen MR) is 123 cm³/mol. The van der Waals surface area contributed by atoms with Gasteiger partial charge in [-0.15, -0.1) is 0 Å². The van der Waals surface area contributed by atoms with Crippen LogP contribution in [0.1, 0.15) is 84.2 Å². The van der Waals surface area contributed by atoms with Gasteiger partial charge in [-0.2, -0.15) is 0 Å². The first-order chi connectivity index (χ1) is 15.9. The third-order valence-electron chi connectivity index (χ3n) is 7.17. The highest BCUT2D eigenvalue weighted by molar-refractivity contribution is 6.04. The summed E-state index contributed by atoms with van der Waals surface area (Å²) in [5.74, 6) is -0.00193. The van der Waals surface area contributed by atoms with E-state index in [0.29, 0.717) is 22.9 Å². The summed E-state index contributed by atoms with van der Waals surface area (Å²) in [5.41, 5.74) is 3.14. The quantitative estimate of drug-likeness (QED) is 0.574. The molecule has 0 unspecified atom stereocenters. The van der Waals surface area contributed by atoms with Gasteiger partial charge in [-0.1, -0.05) is 24.4 Å². The van der Waals surface area contributed by atoms with Gasteiger partial charge in [0.05, 0.1) is 11.7 Å². The molecule has 7 nitrogen and oxygen atoms in total. The number of halogens is 1. The van der Waals surface area contributed by atoms with E-state index < -0.39 is 5.91 Å². The summed E-state index contributed by atoms with van der Waals surface area (Å²) < 4.78 is 23.0. The Kier molecular flexibility index (Phi) is 5.46. The molecule has 0 radical (unpaired) electrons. The first kappa shape index (κ1) is 21.7. The number of anilines is 1. The molecule has 0 spiro atoms. The Balaban J connectivity index is 1.45. The zero-order valence-corrected chi connectivity index (χ0v) is 19.3. The molecule has 2 heterocycles. The molecule has 2 aromatic heterocycles. The standard InChI is InChI=1S/C25H29FN4O3/c1-14-21(28-33-23(14)19-12-11-17(26)13-20(19)16-9-10-16)24(31)27-22-15(2)29(3)30(25(22)32)18-7-5-4-6-8-18/h11-13,16,18H,4-10H2,1-3H3,(H,27,31). The number of nitrogens with one attached hydrogen (secondary N) is 1. The molecule has 1 aromatic carbocycles. The predicted octanol–water partition coefficient (Wildman–Crippen LogP) is 5.23. The van der Waals surface area contributed by atoms with Crippen LogP contribution in [0.15, 0.2) is 27.5 Å². The Hall–Kier alpha value is -3.16. The number of hydrogen-bond donors (Lipinski definition) is 1. The summed E-state index contributed by atoms with van der Waals surface area (Å²) in [4.78, 5) is 26.3. The topological polar surface area (TPSA) is 82.1 Å². The lowest BCUT2D eigenvalue weighted by atomic mass is 9.96. The lowest BCUT2D eigenvalue weighted by Crippen LogP contribution is -2.29. The van der Waals surface area contributed by atoms with Gasteiger partial charge in [-0.05, 0) is 69.2 Å². The van der Waals surface area contributed by atoms with Crippen molar-refractivity contribution in [2.45, 2.75) is 70.8 Å². The van der Waals surface area contributed by atoms with Gasteiger partial charge in [0.25, 0.3) is 11.5 Å². The maximum atomic E-state index is 13.8. The maximum Gasteiger partial charge on any atom is 0.291 e. The number of nitrogens with zero attached hydrogens (tertiary/aromatic N) is 3. The van der Waals surface area contributed by atoms with Crippen molar-refractivity contribution in [1.82, 2.24) is 14.5 Å². The molecule has 0 atom stereocenters. The Morgan fingerprint density at radius 2 is 1.88 bits per heavy atom. The summed E-state index contributed by atoms with van der Waals surface area (Å²) in [5, 5.41) is 6.80. The molecule has 8 heteroatoms. The first-order valence-electron chi connectivity index (χ1n) is 11.7. The van der Waals surface area contributed by atoms with E-state index in [2.05, 4.69) is 10.5 Å². The van der Waals surface area contributed by atoms with Crippen molar-refractivity contribution < 1.29 is 13.7 Å². The van der Waals surface area contributed by atoms with Gasteiger partial charge >= 0.3 is 0 Å². The van der Waals surface area contributed by atoms with E-state index in [0.717, 1.165) is 49.7 Å². The highest BCUT2D eigenvalue weighted by Crippen LogP contribution is 2.45. The van der Waals surface area contributed by atoms with E-state index >= 15 is 0 Å². The minimum absolute atomic E-state index is 0.128. The van der Waals surface area contributed by atoms with Crippen molar-refractivity contribution in [2.24, 2.45) is 7.05 Å². The number of aromatic nitrogens is 3. The van der Waals surface area contributed by atoms with Gasteiger partial charge in [-0.25, -0.2) is 9.07 Å². The van der Waals surface area contributed by atoms with Crippen molar-refractivity contribution in [3.05, 3.63) is 56.9 Å². The second-order valence-corrected chi connectivity index (χ2v) is 9.37. The fourth-order valence-corrected chi connectivity index (χ4v) is 5.05. The van der Waals surface area contributed by atoms with Crippen LogP contribution in [-0.2, 0) is 7.05 Å². The number of carbonyl (C=O) groups excluding carboxylic acids is 1. The van der Waals surface area contributed by atoms with Gasteiger partial charge in [0.2, 0.25) is 0 Å². The van der Waals surface area contributed by atoms with E-state index in [1.807, 2.05) is 18.7 Å². The van der Waals surface area contributed by atoms with E-state index in [9.17, 15) is 14.0 Å². The highest BCUT2D eigenvalue weighted by Gasteiger charge is 2.31. The summed E-state index contributed by atoms with van der Waals surface area (Å²) in [6, 6.07) is 4.77. The SMILES string of the molecule is Cc1c(C(=O)Nc2c(C)n(C)n(C3CCCCC3)c2=O)noc1-c1ccc(F)cc1C1CC1. The Morgan fingerprint density at radius 3 is 2.58 bits per heavy atom. The molecule has 3 aromatic rings. The van der Waals surface area contributed by atoms with E-state index in [1.165, 1.54) is 18.6 Å². The van der Waals surface area contributed by atoms with Gasteiger partial charge in [0.15, 0.2) is 11.5 Å². The molecule has 1 N–H and O–H groups in total. The Labute approximate surface area is 191 Å². The molecule has 0 bridgehead atoms. The summed E-state index contributed by atoms with van der Waals surface area (Å²) >= 11 is 0. The second kappa shape index (κ2) is 8.32. The van der Waals surface area contributed by atoms with Crippen LogP contribution in [0.5, 0.6) is 0 Å². The monoisotopic (exact) mass is 452 g/mol. The Bertz CT molecular complexity index is 1280. The molecule has 0 aliphatic heterocycles. The van der Waals surface area contributed by atoms with Crippen molar-refractivity contribution in [3.8, 4) is 11.3 Å². The lowest BCUT2D eigenvalue weighted by Gasteiger charge is -2.24. The maximum absolute atomic E-state index is 13.8. The summed E-state index contributed by atoms with van der Waals surface area (Å²) in [6.07, 6.45) is 7.37. The number of rotatable bonds is 5. The molecular formula is C25H29FN4O3. The Morgan fingerprint density at radius 1 is 1.15 bits per heavy atom. The molecule has 33 heavy (non-hydrogen) atoms. The summed E-state index contributed by atoms with van der Waals surface area (Å²) in [6.45, 7) is 3.59.